The van der Waals surface area contributed by atoms with Crippen molar-refractivity contribution < 1.29 is 9.52 Å². The van der Waals surface area contributed by atoms with E-state index in [0.29, 0.717) is 12.6 Å². The zero-order chi connectivity index (χ0) is 19.3. The van der Waals surface area contributed by atoms with Gasteiger partial charge in [0.05, 0.1) is 16.3 Å². The van der Waals surface area contributed by atoms with E-state index in [2.05, 4.69) is 33.6 Å². The number of fused-ring (bicyclic) bond motifs is 1. The van der Waals surface area contributed by atoms with Crippen molar-refractivity contribution in [3.8, 4) is 10.8 Å². The third kappa shape index (κ3) is 5.70. The highest BCUT2D eigenvalue weighted by molar-refractivity contribution is 14.0. The van der Waals surface area contributed by atoms with Crippen LogP contribution >= 0.6 is 35.3 Å². The fourth-order valence-corrected chi connectivity index (χ4v) is 4.37. The monoisotopic (exact) mass is 526 g/mol. The number of hydrogen-bond acceptors (Lipinski definition) is 5. The van der Waals surface area contributed by atoms with Crippen LogP contribution in [0.3, 0.4) is 0 Å². The van der Waals surface area contributed by atoms with Gasteiger partial charge in [0.15, 0.2) is 16.7 Å². The third-order valence-corrected chi connectivity index (χ3v) is 5.99. The van der Waals surface area contributed by atoms with Crippen LogP contribution in [0.25, 0.3) is 21.0 Å². The number of hydrogen-bond donors (Lipinski definition) is 3. The molecule has 3 aromatic rings. The Balaban J connectivity index is 0.00000240. The molecule has 8 heteroatoms. The van der Waals surface area contributed by atoms with Crippen LogP contribution in [0.15, 0.2) is 45.8 Å². The van der Waals surface area contributed by atoms with E-state index in [4.69, 9.17) is 4.42 Å². The summed E-state index contributed by atoms with van der Waals surface area (Å²) in [6, 6.07) is 12.4. The molecule has 4 rings (SSSR count). The van der Waals surface area contributed by atoms with Crippen molar-refractivity contribution in [2.75, 3.05) is 6.54 Å². The van der Waals surface area contributed by atoms with Crippen LogP contribution in [0.5, 0.6) is 0 Å². The molecule has 1 fully saturated rings. The molecule has 2 heterocycles. The van der Waals surface area contributed by atoms with Gasteiger partial charge in [0.25, 0.3) is 0 Å². The Kier molecular flexibility index (Phi) is 7.91. The van der Waals surface area contributed by atoms with Gasteiger partial charge in [-0.25, -0.2) is 9.98 Å². The Hall–Kier alpha value is -1.65. The second kappa shape index (κ2) is 10.4. The van der Waals surface area contributed by atoms with Crippen LogP contribution in [0.4, 0.5) is 0 Å². The molecule has 0 atom stereocenters. The molecular weight excluding hydrogens is 499 g/mol. The van der Waals surface area contributed by atoms with Gasteiger partial charge in [0, 0.05) is 12.6 Å². The molecule has 2 aromatic heterocycles. The van der Waals surface area contributed by atoms with E-state index in [-0.39, 0.29) is 30.1 Å². The summed E-state index contributed by atoms with van der Waals surface area (Å²) in [6.07, 6.45) is 3.48. The Labute approximate surface area is 191 Å². The van der Waals surface area contributed by atoms with Gasteiger partial charge in [0.1, 0.15) is 12.3 Å². The van der Waals surface area contributed by atoms with Crippen molar-refractivity contribution in [2.24, 2.45) is 4.99 Å². The zero-order valence-corrected chi connectivity index (χ0v) is 19.6. The molecule has 0 bridgehead atoms. The summed E-state index contributed by atoms with van der Waals surface area (Å²) in [5, 5.41) is 17.3. The number of nitrogens with zero attached hydrogens (tertiary/aromatic N) is 2. The van der Waals surface area contributed by atoms with Gasteiger partial charge < -0.3 is 20.2 Å². The van der Waals surface area contributed by atoms with Crippen molar-refractivity contribution in [1.29, 1.82) is 0 Å². The summed E-state index contributed by atoms with van der Waals surface area (Å²) in [4.78, 5) is 9.32. The summed E-state index contributed by atoms with van der Waals surface area (Å²) in [5.41, 5.74) is 0.995. The van der Waals surface area contributed by atoms with Gasteiger partial charge in [-0.05, 0) is 56.9 Å². The molecule has 1 aromatic carbocycles. The highest BCUT2D eigenvalue weighted by Crippen LogP contribution is 2.31. The lowest BCUT2D eigenvalue weighted by Gasteiger charge is -2.27. The third-order valence-electron chi connectivity index (χ3n) is 4.94. The maximum absolute atomic E-state index is 9.67. The number of guanidine groups is 1. The van der Waals surface area contributed by atoms with E-state index in [1.165, 1.54) is 0 Å². The number of rotatable bonds is 5. The molecule has 0 amide bonds. The Bertz CT molecular complexity index is 914. The van der Waals surface area contributed by atoms with Gasteiger partial charge in [-0.15, -0.1) is 35.3 Å². The summed E-state index contributed by atoms with van der Waals surface area (Å²) in [6.45, 7) is 3.33. The van der Waals surface area contributed by atoms with E-state index in [1.807, 2.05) is 30.3 Å². The first-order chi connectivity index (χ1) is 13.7. The molecule has 1 saturated carbocycles. The summed E-state index contributed by atoms with van der Waals surface area (Å²) in [7, 11) is 0. The number of aliphatic hydroxyl groups is 1. The van der Waals surface area contributed by atoms with Crippen molar-refractivity contribution in [2.45, 2.75) is 51.3 Å². The quantitative estimate of drug-likeness (QED) is 0.259. The van der Waals surface area contributed by atoms with E-state index in [0.717, 1.165) is 64.9 Å². The summed E-state index contributed by atoms with van der Waals surface area (Å²) < 4.78 is 7.14. The molecule has 0 spiro atoms. The SMILES string of the molecule is CCNC(=NCc1ccc(-c2nc3ccccc3s2)o1)NC1CCC(O)CC1.I. The fraction of sp³-hybridized carbons (Fsp3) is 0.429. The second-order valence-corrected chi connectivity index (χ2v) is 8.13. The Morgan fingerprint density at radius 3 is 2.76 bits per heavy atom. The highest BCUT2D eigenvalue weighted by atomic mass is 127. The standard InChI is InChI=1S/C21H26N4O2S.HI/c1-2-22-21(24-14-7-9-15(26)10-8-14)23-13-16-11-12-18(27-16)20-25-17-5-3-4-6-19(17)28-20;/h3-6,11-12,14-15,26H,2,7-10,13H2,1H3,(H2,22,23,24);1H. The van der Waals surface area contributed by atoms with Crippen LogP contribution in [0.1, 0.15) is 38.4 Å². The Morgan fingerprint density at radius 1 is 1.21 bits per heavy atom. The highest BCUT2D eigenvalue weighted by Gasteiger charge is 2.20. The molecule has 0 aliphatic heterocycles. The summed E-state index contributed by atoms with van der Waals surface area (Å²) in [5.74, 6) is 2.39. The summed E-state index contributed by atoms with van der Waals surface area (Å²) >= 11 is 1.63. The number of para-hydroxylation sites is 1. The molecule has 6 nitrogen and oxygen atoms in total. The van der Waals surface area contributed by atoms with Crippen LogP contribution < -0.4 is 10.6 Å². The fourth-order valence-electron chi connectivity index (χ4n) is 3.45. The predicted molar refractivity (Wildman–Crippen MR) is 129 cm³/mol. The van der Waals surface area contributed by atoms with Gasteiger partial charge in [-0.1, -0.05) is 12.1 Å². The zero-order valence-electron chi connectivity index (χ0n) is 16.4. The lowest BCUT2D eigenvalue weighted by atomic mass is 9.93. The minimum absolute atomic E-state index is 0. The van der Waals surface area contributed by atoms with Gasteiger partial charge in [-0.3, -0.25) is 0 Å². The van der Waals surface area contributed by atoms with Crippen molar-refractivity contribution in [3.05, 3.63) is 42.2 Å². The smallest absolute Gasteiger partial charge is 0.191 e. The number of nitrogens with one attached hydrogen (secondary N) is 2. The second-order valence-electron chi connectivity index (χ2n) is 7.10. The average molecular weight is 526 g/mol. The predicted octanol–water partition coefficient (Wildman–Crippen LogP) is 4.53. The number of aliphatic hydroxyl groups excluding tert-OH is 1. The van der Waals surface area contributed by atoms with Crippen molar-refractivity contribution >= 4 is 51.5 Å². The molecule has 0 unspecified atom stereocenters. The maximum atomic E-state index is 9.67. The number of aromatic nitrogens is 1. The Morgan fingerprint density at radius 2 is 2.00 bits per heavy atom. The molecule has 3 N–H and O–H groups in total. The molecular formula is C21H27IN4O2S. The molecule has 29 heavy (non-hydrogen) atoms. The van der Waals surface area contributed by atoms with Crippen LogP contribution in [0.2, 0.25) is 0 Å². The van der Waals surface area contributed by atoms with Gasteiger partial charge in [0.2, 0.25) is 0 Å². The normalized spacial score (nSPS) is 19.7. The molecule has 1 aliphatic rings. The molecule has 156 valence electrons. The lowest BCUT2D eigenvalue weighted by Crippen LogP contribution is -2.45. The molecule has 0 radical (unpaired) electrons. The number of thiazole rings is 1. The largest absolute Gasteiger partial charge is 0.457 e. The van der Waals surface area contributed by atoms with Crippen LogP contribution in [-0.4, -0.2) is 34.7 Å². The number of furan rings is 1. The first-order valence-corrected chi connectivity index (χ1v) is 10.7. The van der Waals surface area contributed by atoms with E-state index < -0.39 is 0 Å². The first-order valence-electron chi connectivity index (χ1n) is 9.89. The minimum Gasteiger partial charge on any atom is -0.457 e. The van der Waals surface area contributed by atoms with Crippen LogP contribution in [-0.2, 0) is 6.54 Å². The van der Waals surface area contributed by atoms with Gasteiger partial charge in [-0.2, -0.15) is 0 Å². The van der Waals surface area contributed by atoms with Crippen LogP contribution in [0, 0.1) is 0 Å². The average Bonchev–Trinajstić information content (AvgIpc) is 3.34. The minimum atomic E-state index is -0.151. The van der Waals surface area contributed by atoms with Crippen molar-refractivity contribution in [1.82, 2.24) is 15.6 Å². The lowest BCUT2D eigenvalue weighted by molar-refractivity contribution is 0.120. The van der Waals surface area contributed by atoms with E-state index in [1.54, 1.807) is 11.3 Å². The molecule has 0 saturated heterocycles. The number of aliphatic imine (C=N–C) groups is 1. The number of benzene rings is 1. The topological polar surface area (TPSA) is 82.7 Å². The first kappa shape index (κ1) is 22.0. The van der Waals surface area contributed by atoms with E-state index >= 15 is 0 Å². The van der Waals surface area contributed by atoms with Crippen molar-refractivity contribution in [3.63, 3.8) is 0 Å². The molecule has 1 aliphatic carbocycles. The maximum Gasteiger partial charge on any atom is 0.191 e. The van der Waals surface area contributed by atoms with E-state index in [9.17, 15) is 5.11 Å². The number of halogens is 1. The van der Waals surface area contributed by atoms with Gasteiger partial charge >= 0.3 is 0 Å².